The Kier molecular flexibility index (Phi) is 7.03. The van der Waals surface area contributed by atoms with Gasteiger partial charge in [-0.25, -0.2) is 9.97 Å². The van der Waals surface area contributed by atoms with Crippen molar-refractivity contribution in [2.24, 2.45) is 0 Å². The van der Waals surface area contributed by atoms with Gasteiger partial charge in [0.05, 0.1) is 17.0 Å². The number of hydrogen-bond donors (Lipinski definition) is 3. The molecule has 3 N–H and O–H groups in total. The van der Waals surface area contributed by atoms with Gasteiger partial charge in [0.15, 0.2) is 0 Å². The molecule has 10 nitrogen and oxygen atoms in total. The number of nitrogens with zero attached hydrogens (tertiary/aromatic N) is 5. The molecule has 0 unspecified atom stereocenters. The Bertz CT molecular complexity index is 1220. The monoisotopic (exact) mass is 528 g/mol. The molecule has 0 atom stereocenters. The summed E-state index contributed by atoms with van der Waals surface area (Å²) in [6, 6.07) is 2.37. The third-order valence-corrected chi connectivity index (χ3v) is 6.94. The highest BCUT2D eigenvalue weighted by Gasteiger charge is 2.28. The predicted octanol–water partition coefficient (Wildman–Crippen LogP) is 3.72. The molecule has 1 aliphatic heterocycles. The van der Waals surface area contributed by atoms with E-state index in [4.69, 9.17) is 4.74 Å². The Labute approximate surface area is 206 Å². The number of aromatic nitrogens is 4. The van der Waals surface area contributed by atoms with Gasteiger partial charge in [-0.2, -0.15) is 4.98 Å². The number of anilines is 3. The Balaban J connectivity index is 1.67. The summed E-state index contributed by atoms with van der Waals surface area (Å²) in [7, 11) is 7.50. The van der Waals surface area contributed by atoms with E-state index >= 15 is 0 Å². The molecule has 0 aromatic carbocycles. The second-order valence-electron chi connectivity index (χ2n) is 8.31. The number of amides is 1. The number of hydrogen-bond acceptors (Lipinski definition) is 8. The second-order valence-corrected chi connectivity index (χ2v) is 9.10. The summed E-state index contributed by atoms with van der Waals surface area (Å²) in [6.07, 6.45) is 5.05. The van der Waals surface area contributed by atoms with E-state index in [1.165, 1.54) is 6.33 Å². The molecule has 11 heteroatoms. The van der Waals surface area contributed by atoms with Crippen LogP contribution < -0.4 is 15.4 Å². The molecule has 0 radical (unpaired) electrons. The van der Waals surface area contributed by atoms with E-state index in [1.807, 2.05) is 11.0 Å². The predicted molar refractivity (Wildman–Crippen MR) is 138 cm³/mol. The van der Waals surface area contributed by atoms with Gasteiger partial charge in [-0.1, -0.05) is 12.7 Å². The van der Waals surface area contributed by atoms with E-state index in [9.17, 15) is 4.79 Å². The lowest BCUT2D eigenvalue weighted by Crippen LogP contribution is -2.44. The first-order chi connectivity index (χ1) is 16.4. The Morgan fingerprint density at radius 1 is 1.32 bits per heavy atom. The number of likely N-dealkylation sites (tertiary alicyclic amines) is 1. The average Bonchev–Trinajstić information content (AvgIpc) is 3.20. The maximum Gasteiger partial charge on any atom is 0.271 e. The molecule has 3 aromatic rings. The fourth-order valence-corrected chi connectivity index (χ4v) is 4.86. The van der Waals surface area contributed by atoms with E-state index in [1.54, 1.807) is 20.2 Å². The van der Waals surface area contributed by atoms with Gasteiger partial charge < -0.3 is 30.2 Å². The van der Waals surface area contributed by atoms with Crippen LogP contribution in [0.1, 0.15) is 28.9 Å². The van der Waals surface area contributed by atoms with Crippen molar-refractivity contribution < 1.29 is 9.53 Å². The summed E-state index contributed by atoms with van der Waals surface area (Å²) in [5.41, 5.74) is 2.44. The van der Waals surface area contributed by atoms with Crippen LogP contribution in [0.4, 0.5) is 17.3 Å². The van der Waals surface area contributed by atoms with Gasteiger partial charge in [-0.05, 0) is 48.9 Å². The normalized spacial score (nSPS) is 14.5. The number of carbonyl (C=O) groups excluding carboxylic acids is 1. The van der Waals surface area contributed by atoms with Crippen molar-refractivity contribution >= 4 is 56.3 Å². The number of nitrogens with one attached hydrogen (secondary N) is 3. The van der Waals surface area contributed by atoms with Gasteiger partial charge in [0, 0.05) is 31.7 Å². The van der Waals surface area contributed by atoms with Crippen molar-refractivity contribution in [3.8, 4) is 5.88 Å². The van der Waals surface area contributed by atoms with Crippen molar-refractivity contribution in [2.75, 3.05) is 52.0 Å². The number of methoxy groups -OCH3 is 1. The molecule has 4 rings (SSSR count). The third kappa shape index (κ3) is 4.45. The number of carbonyl (C=O) groups is 1. The van der Waals surface area contributed by atoms with E-state index < -0.39 is 0 Å². The molecular formula is C23H29BrN8O2. The molecule has 0 spiro atoms. The van der Waals surface area contributed by atoms with E-state index in [2.05, 4.69) is 72.1 Å². The summed E-state index contributed by atoms with van der Waals surface area (Å²) < 4.78 is 6.09. The first-order valence-corrected chi connectivity index (χ1v) is 11.8. The van der Waals surface area contributed by atoms with Crippen molar-refractivity contribution in [1.29, 1.82) is 0 Å². The number of rotatable bonds is 7. The number of aromatic amines is 1. The molecule has 0 bridgehead atoms. The fourth-order valence-electron chi connectivity index (χ4n) is 4.21. The van der Waals surface area contributed by atoms with Gasteiger partial charge in [0.2, 0.25) is 5.88 Å². The van der Waals surface area contributed by atoms with Crippen LogP contribution in [0.5, 0.6) is 5.88 Å². The largest absolute Gasteiger partial charge is 0.479 e. The molecule has 0 saturated carbocycles. The van der Waals surface area contributed by atoms with E-state index in [0.717, 1.165) is 18.4 Å². The Morgan fingerprint density at radius 3 is 2.68 bits per heavy atom. The van der Waals surface area contributed by atoms with Crippen LogP contribution in [0.15, 0.2) is 23.4 Å². The van der Waals surface area contributed by atoms with Crippen molar-refractivity contribution in [3.05, 3.63) is 34.7 Å². The summed E-state index contributed by atoms with van der Waals surface area (Å²) in [5, 5.41) is 7.00. The second kappa shape index (κ2) is 9.98. The quantitative estimate of drug-likeness (QED) is 0.425. The average molecular weight is 529 g/mol. The molecular weight excluding hydrogens is 500 g/mol. The van der Waals surface area contributed by atoms with Gasteiger partial charge in [0.1, 0.15) is 35.0 Å². The molecule has 1 fully saturated rings. The van der Waals surface area contributed by atoms with Crippen LogP contribution in [0.3, 0.4) is 0 Å². The summed E-state index contributed by atoms with van der Waals surface area (Å²) in [5.74, 6) is 1.51. The highest BCUT2D eigenvalue weighted by atomic mass is 79.9. The lowest BCUT2D eigenvalue weighted by Gasteiger charge is -2.35. The molecule has 1 aliphatic rings. The first-order valence-electron chi connectivity index (χ1n) is 11.0. The lowest BCUT2D eigenvalue weighted by molar-refractivity contribution is 0.0657. The molecule has 34 heavy (non-hydrogen) atoms. The summed E-state index contributed by atoms with van der Waals surface area (Å²) in [4.78, 5) is 33.9. The zero-order chi connectivity index (χ0) is 24.4. The maximum atomic E-state index is 13.3. The van der Waals surface area contributed by atoms with Gasteiger partial charge in [-0.3, -0.25) is 4.79 Å². The molecule has 1 saturated heterocycles. The fraction of sp³-hybridized carbons (Fsp3) is 0.391. The number of ether oxygens (including phenoxy) is 1. The van der Waals surface area contributed by atoms with E-state index in [0.29, 0.717) is 63.5 Å². The smallest absolute Gasteiger partial charge is 0.271 e. The number of pyridine rings is 1. The van der Waals surface area contributed by atoms with E-state index in [-0.39, 0.29) is 5.91 Å². The minimum absolute atomic E-state index is 0.0559. The van der Waals surface area contributed by atoms with Gasteiger partial charge in [0.25, 0.3) is 5.91 Å². The van der Waals surface area contributed by atoms with Crippen LogP contribution >= 0.6 is 15.9 Å². The standard InChI is InChI=1S/C23H29BrN8O2/c1-6-13-11-15(22(34-5)30-19(13)25-2)28-20-16-17(24)18(29-21(16)27-12-26-20)23(33)32-9-7-14(8-10-32)31(3)4/h6,11-12,14H,1,7-10H2,2-5H3,(H,25,30)(H2,26,27,28,29). The zero-order valence-corrected chi connectivity index (χ0v) is 21.4. The highest BCUT2D eigenvalue weighted by Crippen LogP contribution is 2.36. The zero-order valence-electron chi connectivity index (χ0n) is 19.8. The number of H-pyrrole nitrogens is 1. The lowest BCUT2D eigenvalue weighted by atomic mass is 10.0. The minimum atomic E-state index is -0.0559. The van der Waals surface area contributed by atoms with Gasteiger partial charge >= 0.3 is 0 Å². The van der Waals surface area contributed by atoms with Crippen molar-refractivity contribution in [2.45, 2.75) is 18.9 Å². The maximum absolute atomic E-state index is 13.3. The van der Waals surface area contributed by atoms with Crippen molar-refractivity contribution in [3.63, 3.8) is 0 Å². The number of fused-ring (bicyclic) bond motifs is 1. The molecule has 180 valence electrons. The molecule has 4 heterocycles. The third-order valence-electron chi connectivity index (χ3n) is 6.15. The number of halogens is 1. The SMILES string of the molecule is C=Cc1cc(Nc2ncnc3[nH]c(C(=O)N4CCC(N(C)C)CC4)c(Br)c23)c(OC)nc1NC. The molecule has 1 amide bonds. The van der Waals surface area contributed by atoms with Crippen LogP contribution in [-0.2, 0) is 0 Å². The Hall–Kier alpha value is -3.18. The summed E-state index contributed by atoms with van der Waals surface area (Å²) in [6.45, 7) is 5.28. The van der Waals surface area contributed by atoms with Gasteiger partial charge in [-0.15, -0.1) is 0 Å². The van der Waals surface area contributed by atoms with Crippen LogP contribution in [0.25, 0.3) is 17.1 Å². The summed E-state index contributed by atoms with van der Waals surface area (Å²) >= 11 is 3.62. The Morgan fingerprint density at radius 2 is 2.06 bits per heavy atom. The molecule has 0 aliphatic carbocycles. The van der Waals surface area contributed by atoms with Crippen LogP contribution in [0.2, 0.25) is 0 Å². The topological polar surface area (TPSA) is 111 Å². The van der Waals surface area contributed by atoms with Crippen LogP contribution in [0, 0.1) is 0 Å². The van der Waals surface area contributed by atoms with Crippen LogP contribution in [-0.4, -0.2) is 83.0 Å². The van der Waals surface area contributed by atoms with Crippen molar-refractivity contribution in [1.82, 2.24) is 29.7 Å². The molecule has 3 aromatic heterocycles. The first kappa shape index (κ1) is 24.0. The number of piperidine rings is 1. The minimum Gasteiger partial charge on any atom is -0.479 e. The highest BCUT2D eigenvalue weighted by molar-refractivity contribution is 9.10.